The van der Waals surface area contributed by atoms with Crippen molar-refractivity contribution >= 4 is 24.3 Å². The molecule has 4 rings (SSSR count). The molecular weight excluding hydrogens is 428 g/mol. The Balaban J connectivity index is 1.73. The Labute approximate surface area is 193 Å². The number of carbonyl (C=O) groups is 3. The van der Waals surface area contributed by atoms with Crippen molar-refractivity contribution in [1.82, 2.24) is 4.90 Å². The number of aldehydes is 1. The number of piperidine rings is 1. The number of methoxy groups -OCH3 is 1. The van der Waals surface area contributed by atoms with Gasteiger partial charge in [0.25, 0.3) is 5.91 Å². The number of hydrogen-bond acceptors (Lipinski definition) is 7. The van der Waals surface area contributed by atoms with E-state index < -0.39 is 12.5 Å². The van der Waals surface area contributed by atoms with Crippen LogP contribution in [0.15, 0.2) is 12.1 Å². The van der Waals surface area contributed by atoms with Gasteiger partial charge in [0.05, 0.1) is 31.0 Å². The van der Waals surface area contributed by atoms with Crippen LogP contribution in [0.4, 0.5) is 5.69 Å². The van der Waals surface area contributed by atoms with Crippen LogP contribution in [0.3, 0.4) is 0 Å². The van der Waals surface area contributed by atoms with Crippen molar-refractivity contribution in [3.8, 4) is 11.5 Å². The third-order valence-corrected chi connectivity index (χ3v) is 6.47. The topological polar surface area (TPSA) is 94.6 Å². The summed E-state index contributed by atoms with van der Waals surface area (Å²) in [5.41, 5.74) is 0.804. The summed E-state index contributed by atoms with van der Waals surface area (Å²) in [5.74, 6) is 0.667. The van der Waals surface area contributed by atoms with E-state index in [9.17, 15) is 14.4 Å². The standard InChI is InChI=1S/C24H32N2O7/c1-30-20-14-17-19(15-21(20)31-12-7-5-11-27)26(16-28)24(33-22-9-3-6-13-32-22)18-8-2-4-10-25(18)23(17)29/h11,14-16,18,22,24H,2-10,12-13H2,1H3. The van der Waals surface area contributed by atoms with Crippen molar-refractivity contribution < 1.29 is 33.3 Å². The normalized spacial score (nSPS) is 25.0. The van der Waals surface area contributed by atoms with Crippen LogP contribution >= 0.6 is 0 Å². The summed E-state index contributed by atoms with van der Waals surface area (Å²) < 4.78 is 23.5. The predicted octanol–water partition coefficient (Wildman–Crippen LogP) is 2.89. The van der Waals surface area contributed by atoms with Gasteiger partial charge in [-0.3, -0.25) is 14.5 Å². The summed E-state index contributed by atoms with van der Waals surface area (Å²) >= 11 is 0. The molecule has 180 valence electrons. The Morgan fingerprint density at radius 3 is 2.70 bits per heavy atom. The quantitative estimate of drug-likeness (QED) is 0.413. The molecule has 9 heteroatoms. The summed E-state index contributed by atoms with van der Waals surface area (Å²) in [4.78, 5) is 40.0. The van der Waals surface area contributed by atoms with Crippen LogP contribution < -0.4 is 14.4 Å². The minimum absolute atomic E-state index is 0.150. The predicted molar refractivity (Wildman–Crippen MR) is 119 cm³/mol. The molecule has 3 unspecified atom stereocenters. The van der Waals surface area contributed by atoms with Gasteiger partial charge in [-0.25, -0.2) is 0 Å². The van der Waals surface area contributed by atoms with Gasteiger partial charge >= 0.3 is 0 Å². The first-order chi connectivity index (χ1) is 16.2. The van der Waals surface area contributed by atoms with E-state index in [1.807, 2.05) is 4.90 Å². The molecule has 1 aromatic rings. The number of rotatable bonds is 9. The first-order valence-electron chi connectivity index (χ1n) is 11.8. The van der Waals surface area contributed by atoms with Gasteiger partial charge in [-0.2, -0.15) is 0 Å². The van der Waals surface area contributed by atoms with Gasteiger partial charge in [-0.1, -0.05) is 0 Å². The monoisotopic (exact) mass is 460 g/mol. The van der Waals surface area contributed by atoms with Crippen molar-refractivity contribution in [3.05, 3.63) is 17.7 Å². The molecule has 3 atom stereocenters. The molecule has 33 heavy (non-hydrogen) atoms. The van der Waals surface area contributed by atoms with Crippen molar-refractivity contribution in [1.29, 1.82) is 0 Å². The van der Waals surface area contributed by atoms with Gasteiger partial charge in [0, 0.05) is 25.6 Å². The number of benzene rings is 1. The van der Waals surface area contributed by atoms with Crippen molar-refractivity contribution in [2.45, 2.75) is 69.9 Å². The molecule has 3 aliphatic heterocycles. The molecule has 2 fully saturated rings. The fourth-order valence-electron chi connectivity index (χ4n) is 4.79. The van der Waals surface area contributed by atoms with Crippen LogP contribution in [0.5, 0.6) is 11.5 Å². The molecule has 3 aliphatic rings. The van der Waals surface area contributed by atoms with Crippen LogP contribution in [-0.4, -0.2) is 68.9 Å². The first kappa shape index (κ1) is 23.5. The maximum atomic E-state index is 13.6. The molecular formula is C24H32N2O7. The minimum atomic E-state index is -0.660. The Bertz CT molecular complexity index is 855. The van der Waals surface area contributed by atoms with E-state index in [0.29, 0.717) is 55.4 Å². The van der Waals surface area contributed by atoms with E-state index in [1.165, 1.54) is 12.0 Å². The van der Waals surface area contributed by atoms with E-state index in [0.717, 1.165) is 51.2 Å². The van der Waals surface area contributed by atoms with Crippen molar-refractivity contribution in [3.63, 3.8) is 0 Å². The van der Waals surface area contributed by atoms with Gasteiger partial charge in [-0.15, -0.1) is 0 Å². The molecule has 0 saturated carbocycles. The largest absolute Gasteiger partial charge is 0.493 e. The molecule has 0 aromatic heterocycles. The highest BCUT2D eigenvalue weighted by molar-refractivity contribution is 6.04. The summed E-state index contributed by atoms with van der Waals surface area (Å²) in [5, 5.41) is 0. The second kappa shape index (κ2) is 11.0. The molecule has 0 radical (unpaired) electrons. The second-order valence-electron chi connectivity index (χ2n) is 8.57. The third-order valence-electron chi connectivity index (χ3n) is 6.47. The summed E-state index contributed by atoms with van der Waals surface area (Å²) in [7, 11) is 1.51. The average Bonchev–Trinajstić information content (AvgIpc) is 2.95. The van der Waals surface area contributed by atoms with Crippen LogP contribution in [0.25, 0.3) is 0 Å². The van der Waals surface area contributed by atoms with Gasteiger partial charge in [0.2, 0.25) is 6.41 Å². The highest BCUT2D eigenvalue weighted by Gasteiger charge is 2.44. The fraction of sp³-hybridized carbons (Fsp3) is 0.625. The van der Waals surface area contributed by atoms with Gasteiger partial charge < -0.3 is 28.6 Å². The van der Waals surface area contributed by atoms with E-state index in [1.54, 1.807) is 12.1 Å². The van der Waals surface area contributed by atoms with Gasteiger partial charge in [0.15, 0.2) is 24.0 Å². The number of hydrogen-bond donors (Lipinski definition) is 0. The Kier molecular flexibility index (Phi) is 7.82. The number of ether oxygens (including phenoxy) is 4. The Hall–Kier alpha value is -2.65. The first-order valence-corrected chi connectivity index (χ1v) is 11.8. The zero-order chi connectivity index (χ0) is 23.2. The lowest BCUT2D eigenvalue weighted by Crippen LogP contribution is -2.55. The zero-order valence-corrected chi connectivity index (χ0v) is 19.1. The van der Waals surface area contributed by atoms with Crippen LogP contribution in [0, 0.1) is 0 Å². The molecule has 0 spiro atoms. The second-order valence-corrected chi connectivity index (χ2v) is 8.57. The van der Waals surface area contributed by atoms with Gasteiger partial charge in [0.1, 0.15) is 6.29 Å². The SMILES string of the molecule is COc1cc2c(cc1OCCCC=O)N(C=O)C(OC1CCCCO1)C1CCCCN1C2=O. The lowest BCUT2D eigenvalue weighted by molar-refractivity contribution is -0.199. The number of anilines is 1. The zero-order valence-electron chi connectivity index (χ0n) is 19.1. The highest BCUT2D eigenvalue weighted by Crippen LogP contribution is 2.41. The molecule has 0 aliphatic carbocycles. The molecule has 0 N–H and O–H groups in total. The summed E-state index contributed by atoms with van der Waals surface area (Å²) in [6, 6.07) is 3.03. The minimum Gasteiger partial charge on any atom is -0.493 e. The lowest BCUT2D eigenvalue weighted by Gasteiger charge is -2.42. The molecule has 3 heterocycles. The molecule has 0 bridgehead atoms. The maximum Gasteiger partial charge on any atom is 0.256 e. The number of amides is 2. The molecule has 2 saturated heterocycles. The van der Waals surface area contributed by atoms with E-state index in [2.05, 4.69) is 0 Å². The van der Waals surface area contributed by atoms with Crippen molar-refractivity contribution in [2.75, 3.05) is 31.8 Å². The van der Waals surface area contributed by atoms with Crippen LogP contribution in [-0.2, 0) is 19.1 Å². The maximum absolute atomic E-state index is 13.6. The van der Waals surface area contributed by atoms with E-state index in [4.69, 9.17) is 18.9 Å². The van der Waals surface area contributed by atoms with Crippen LogP contribution in [0.1, 0.15) is 61.7 Å². The number of fused-ring (bicyclic) bond motifs is 2. The van der Waals surface area contributed by atoms with E-state index >= 15 is 0 Å². The van der Waals surface area contributed by atoms with Gasteiger partial charge in [-0.05, 0) is 51.0 Å². The molecule has 1 aromatic carbocycles. The molecule has 9 nitrogen and oxygen atoms in total. The average molecular weight is 461 g/mol. The smallest absolute Gasteiger partial charge is 0.256 e. The van der Waals surface area contributed by atoms with Crippen LogP contribution in [0.2, 0.25) is 0 Å². The fourth-order valence-corrected chi connectivity index (χ4v) is 4.79. The summed E-state index contributed by atoms with van der Waals surface area (Å²) in [6.45, 7) is 1.54. The number of nitrogens with zero attached hydrogens (tertiary/aromatic N) is 2. The number of carbonyl (C=O) groups excluding carboxylic acids is 3. The van der Waals surface area contributed by atoms with E-state index in [-0.39, 0.29) is 11.9 Å². The highest BCUT2D eigenvalue weighted by atomic mass is 16.7. The Morgan fingerprint density at radius 1 is 1.12 bits per heavy atom. The lowest BCUT2D eigenvalue weighted by atomic mass is 10.00. The summed E-state index contributed by atoms with van der Waals surface area (Å²) in [6.07, 6.45) is 6.78. The van der Waals surface area contributed by atoms with Crippen molar-refractivity contribution in [2.24, 2.45) is 0 Å². The third kappa shape index (κ3) is 4.99. The Morgan fingerprint density at radius 2 is 1.97 bits per heavy atom. The number of unbranched alkanes of at least 4 members (excludes halogenated alkanes) is 1. The molecule has 2 amide bonds.